The predicted molar refractivity (Wildman–Crippen MR) is 96.2 cm³/mol. The van der Waals surface area contributed by atoms with Gasteiger partial charge in [0, 0.05) is 17.8 Å². The maximum atomic E-state index is 12.6. The molecule has 4 heteroatoms. The van der Waals surface area contributed by atoms with Gasteiger partial charge in [-0.2, -0.15) is 0 Å². The summed E-state index contributed by atoms with van der Waals surface area (Å²) in [6.07, 6.45) is 6.66. The number of Topliss-reactive ketones (excluding diaryl/α,β-unsaturated/α-hetero) is 1. The number of rotatable bonds is 4. The highest BCUT2D eigenvalue weighted by atomic mass is 16.2. The molecule has 0 unspecified atom stereocenters. The van der Waals surface area contributed by atoms with Gasteiger partial charge >= 0.3 is 0 Å². The second-order valence-corrected chi connectivity index (χ2v) is 7.39. The van der Waals surface area contributed by atoms with Crippen LogP contribution < -0.4 is 5.32 Å². The van der Waals surface area contributed by atoms with Crippen LogP contribution in [0.15, 0.2) is 24.3 Å². The molecule has 1 aliphatic carbocycles. The number of likely N-dealkylation sites (tertiary alicyclic amines) is 1. The first kappa shape index (κ1) is 17.2. The molecular formula is C20H28N2O2. The average Bonchev–Trinajstić information content (AvgIpc) is 2.61. The number of nitrogens with zero attached hydrogens (tertiary/aromatic N) is 1. The van der Waals surface area contributed by atoms with Crippen LogP contribution in [0.1, 0.15) is 56.3 Å². The molecule has 0 bridgehead atoms. The minimum atomic E-state index is -0.111. The normalized spacial score (nSPS) is 25.6. The summed E-state index contributed by atoms with van der Waals surface area (Å²) < 4.78 is 0. The van der Waals surface area contributed by atoms with Crippen molar-refractivity contribution >= 4 is 17.4 Å². The number of fused-ring (bicyclic) bond motifs is 1. The van der Waals surface area contributed by atoms with Crippen LogP contribution in [-0.4, -0.2) is 35.7 Å². The fourth-order valence-electron chi connectivity index (χ4n) is 4.18. The molecule has 1 aliphatic heterocycles. The van der Waals surface area contributed by atoms with Crippen molar-refractivity contribution < 1.29 is 9.59 Å². The quantitative estimate of drug-likeness (QED) is 0.857. The molecule has 24 heavy (non-hydrogen) atoms. The fourth-order valence-corrected chi connectivity index (χ4v) is 4.18. The van der Waals surface area contributed by atoms with Crippen LogP contribution in [-0.2, 0) is 4.79 Å². The second-order valence-electron chi connectivity index (χ2n) is 7.39. The Labute approximate surface area is 144 Å². The van der Waals surface area contributed by atoms with E-state index < -0.39 is 0 Å². The van der Waals surface area contributed by atoms with E-state index in [0.717, 1.165) is 30.6 Å². The largest absolute Gasteiger partial charge is 0.325 e. The van der Waals surface area contributed by atoms with Crippen LogP contribution in [0, 0.1) is 11.8 Å². The fraction of sp³-hybridized carbons (Fsp3) is 0.600. The molecule has 3 atom stereocenters. The van der Waals surface area contributed by atoms with Gasteiger partial charge in [0.1, 0.15) is 0 Å². The minimum Gasteiger partial charge on any atom is -0.325 e. The van der Waals surface area contributed by atoms with Crippen LogP contribution >= 0.6 is 0 Å². The number of hydrogen-bond donors (Lipinski definition) is 1. The molecule has 1 amide bonds. The summed E-state index contributed by atoms with van der Waals surface area (Å²) in [4.78, 5) is 26.2. The smallest absolute Gasteiger partial charge is 0.241 e. The van der Waals surface area contributed by atoms with Gasteiger partial charge < -0.3 is 5.32 Å². The van der Waals surface area contributed by atoms with Gasteiger partial charge in [0.15, 0.2) is 5.78 Å². The molecule has 2 fully saturated rings. The Hall–Kier alpha value is -1.68. The first-order valence-electron chi connectivity index (χ1n) is 9.20. The molecule has 0 aromatic heterocycles. The van der Waals surface area contributed by atoms with Crippen LogP contribution in [0.5, 0.6) is 0 Å². The summed E-state index contributed by atoms with van der Waals surface area (Å²) >= 11 is 0. The first-order valence-corrected chi connectivity index (χ1v) is 9.20. The van der Waals surface area contributed by atoms with Crippen LogP contribution in [0.4, 0.5) is 5.69 Å². The summed E-state index contributed by atoms with van der Waals surface area (Å²) in [6.45, 7) is 5.63. The lowest BCUT2D eigenvalue weighted by Crippen LogP contribution is -2.49. The van der Waals surface area contributed by atoms with E-state index in [4.69, 9.17) is 0 Å². The van der Waals surface area contributed by atoms with Crippen molar-refractivity contribution in [3.8, 4) is 0 Å². The SMILES string of the molecule is CC(=O)c1ccc(NC(=O)[C@@H](C)N2CC[C@@H]3CCCC[C@@H]3C2)cc1. The number of piperidine rings is 1. The zero-order valence-corrected chi connectivity index (χ0v) is 14.8. The zero-order valence-electron chi connectivity index (χ0n) is 14.8. The molecule has 1 saturated carbocycles. The third kappa shape index (κ3) is 3.86. The van der Waals surface area contributed by atoms with Crippen molar-refractivity contribution in [3.05, 3.63) is 29.8 Å². The standard InChI is InChI=1S/C20H28N2O2/c1-14(22-12-11-17-5-3-4-6-18(17)13-22)20(24)21-19-9-7-16(8-10-19)15(2)23/h7-10,14,17-18H,3-6,11-13H2,1-2H3,(H,21,24)/t14-,17+,18-/m1/s1. The van der Waals surface area contributed by atoms with E-state index >= 15 is 0 Å². The van der Waals surface area contributed by atoms with Crippen LogP contribution in [0.3, 0.4) is 0 Å². The summed E-state index contributed by atoms with van der Waals surface area (Å²) in [5.74, 6) is 1.73. The van der Waals surface area contributed by atoms with Crippen molar-refractivity contribution in [1.82, 2.24) is 4.90 Å². The van der Waals surface area contributed by atoms with Crippen LogP contribution in [0.2, 0.25) is 0 Å². The topological polar surface area (TPSA) is 49.4 Å². The van der Waals surface area contributed by atoms with E-state index in [1.165, 1.54) is 32.1 Å². The Morgan fingerprint density at radius 3 is 2.42 bits per heavy atom. The van der Waals surface area contributed by atoms with Gasteiger partial charge in [0.25, 0.3) is 0 Å². The van der Waals surface area contributed by atoms with Gasteiger partial charge in [-0.3, -0.25) is 14.5 Å². The van der Waals surface area contributed by atoms with Crippen molar-refractivity contribution in [2.24, 2.45) is 11.8 Å². The number of carbonyl (C=O) groups excluding carboxylic acids is 2. The molecule has 1 aromatic rings. The first-order chi connectivity index (χ1) is 11.5. The predicted octanol–water partition coefficient (Wildman–Crippen LogP) is 3.73. The van der Waals surface area contributed by atoms with E-state index in [1.54, 1.807) is 31.2 Å². The highest BCUT2D eigenvalue weighted by Gasteiger charge is 2.34. The molecule has 3 rings (SSSR count). The van der Waals surface area contributed by atoms with E-state index in [1.807, 2.05) is 6.92 Å². The summed E-state index contributed by atoms with van der Waals surface area (Å²) in [5, 5.41) is 2.99. The highest BCUT2D eigenvalue weighted by Crippen LogP contribution is 2.36. The van der Waals surface area contributed by atoms with Crippen LogP contribution in [0.25, 0.3) is 0 Å². The third-order valence-corrected chi connectivity index (χ3v) is 5.81. The van der Waals surface area contributed by atoms with Gasteiger partial charge in [0.05, 0.1) is 6.04 Å². The van der Waals surface area contributed by atoms with Gasteiger partial charge in [-0.15, -0.1) is 0 Å². The lowest BCUT2D eigenvalue weighted by atomic mass is 9.75. The van der Waals surface area contributed by atoms with Crippen molar-refractivity contribution in [2.45, 2.75) is 52.0 Å². The maximum absolute atomic E-state index is 12.6. The highest BCUT2D eigenvalue weighted by molar-refractivity contribution is 5.96. The van der Waals surface area contributed by atoms with Crippen molar-refractivity contribution in [2.75, 3.05) is 18.4 Å². The van der Waals surface area contributed by atoms with E-state index in [2.05, 4.69) is 10.2 Å². The van der Waals surface area contributed by atoms with Gasteiger partial charge in [0.2, 0.25) is 5.91 Å². The second kappa shape index (κ2) is 7.47. The number of hydrogen-bond acceptors (Lipinski definition) is 3. The minimum absolute atomic E-state index is 0.0385. The summed E-state index contributed by atoms with van der Waals surface area (Å²) in [6, 6.07) is 7.01. The Morgan fingerprint density at radius 2 is 1.75 bits per heavy atom. The Bertz CT molecular complexity index is 596. The molecule has 4 nitrogen and oxygen atoms in total. The lowest BCUT2D eigenvalue weighted by molar-refractivity contribution is -0.122. The Morgan fingerprint density at radius 1 is 1.08 bits per heavy atom. The number of nitrogens with one attached hydrogen (secondary N) is 1. The zero-order chi connectivity index (χ0) is 17.1. The Balaban J connectivity index is 1.57. The molecule has 2 aliphatic rings. The van der Waals surface area contributed by atoms with Crippen molar-refractivity contribution in [3.63, 3.8) is 0 Å². The monoisotopic (exact) mass is 328 g/mol. The van der Waals surface area contributed by atoms with E-state index in [9.17, 15) is 9.59 Å². The molecule has 1 heterocycles. The molecule has 130 valence electrons. The summed E-state index contributed by atoms with van der Waals surface area (Å²) in [5.41, 5.74) is 1.42. The molecule has 1 aromatic carbocycles. The van der Waals surface area contributed by atoms with E-state index in [0.29, 0.717) is 5.56 Å². The molecule has 0 radical (unpaired) electrons. The number of ketones is 1. The number of carbonyl (C=O) groups is 2. The number of anilines is 1. The van der Waals surface area contributed by atoms with Crippen molar-refractivity contribution in [1.29, 1.82) is 0 Å². The number of amides is 1. The molecule has 1 saturated heterocycles. The van der Waals surface area contributed by atoms with Gasteiger partial charge in [-0.05, 0) is 69.3 Å². The van der Waals surface area contributed by atoms with Gasteiger partial charge in [-0.25, -0.2) is 0 Å². The maximum Gasteiger partial charge on any atom is 0.241 e. The Kier molecular flexibility index (Phi) is 5.34. The third-order valence-electron chi connectivity index (χ3n) is 5.81. The molecular weight excluding hydrogens is 300 g/mol. The molecule has 0 spiro atoms. The lowest BCUT2D eigenvalue weighted by Gasteiger charge is -2.43. The summed E-state index contributed by atoms with van der Waals surface area (Å²) in [7, 11) is 0. The number of benzene rings is 1. The average molecular weight is 328 g/mol. The van der Waals surface area contributed by atoms with E-state index in [-0.39, 0.29) is 17.7 Å². The molecule has 1 N–H and O–H groups in total. The van der Waals surface area contributed by atoms with Gasteiger partial charge in [-0.1, -0.05) is 19.3 Å².